The quantitative estimate of drug-likeness (QED) is 0.120. The molecule has 44 heavy (non-hydrogen) atoms. The van der Waals surface area contributed by atoms with Gasteiger partial charge in [0.2, 0.25) is 0 Å². The van der Waals surface area contributed by atoms with Gasteiger partial charge in [-0.2, -0.15) is 0 Å². The zero-order chi connectivity index (χ0) is 32.3. The normalized spacial score (nSPS) is 12.2. The van der Waals surface area contributed by atoms with Crippen LogP contribution in [-0.4, -0.2) is 43.9 Å². The van der Waals surface area contributed by atoms with E-state index in [-0.39, 0.29) is 13.0 Å². The monoisotopic (exact) mass is 617 g/mol. The molecule has 0 N–H and O–H groups in total. The summed E-state index contributed by atoms with van der Waals surface area (Å²) in [5.41, 5.74) is -2.01. The predicted octanol–water partition coefficient (Wildman–Crippen LogP) is 6.44. The minimum atomic E-state index is -2.08. The third-order valence-electron chi connectivity index (χ3n) is 6.81. The molecule has 1 heterocycles. The summed E-state index contributed by atoms with van der Waals surface area (Å²) in [5.74, 6) is -2.32. The average molecular weight is 618 g/mol. The van der Waals surface area contributed by atoms with Crippen molar-refractivity contribution >= 4 is 40.2 Å². The molecule has 0 unspecified atom stereocenters. The van der Waals surface area contributed by atoms with Gasteiger partial charge in [-0.15, -0.1) is 5.10 Å². The zero-order valence-corrected chi connectivity index (χ0v) is 26.5. The van der Waals surface area contributed by atoms with E-state index in [1.165, 1.54) is 0 Å². The number of benzene rings is 3. The van der Waals surface area contributed by atoms with Crippen molar-refractivity contribution in [2.24, 2.45) is 5.41 Å². The fourth-order valence-corrected chi connectivity index (χ4v) is 4.73. The number of carbonyl (C=O) groups excluding carboxylic acids is 3. The number of nitrogens with zero attached hydrogens (tertiary/aromatic N) is 3. The van der Waals surface area contributed by atoms with Crippen LogP contribution in [0.25, 0.3) is 22.0 Å². The molecule has 0 spiro atoms. The van der Waals surface area contributed by atoms with E-state index in [1.54, 1.807) is 102 Å². The molecule has 0 saturated carbocycles. The van der Waals surface area contributed by atoms with Crippen LogP contribution in [0.2, 0.25) is 5.02 Å². The SMILES string of the molecule is CC(C)(C)OC(=O)C(CCn1nnc2ccccc2c1=O)(CC(=O)c1ccc(-c2ccc(Cl)cc2)cc1)C(=O)OC(C)(C)C. The Morgan fingerprint density at radius 1 is 0.773 bits per heavy atom. The number of Topliss-reactive ketones (excluding diaryl/α,β-unsaturated/α-hetero) is 1. The number of aromatic nitrogens is 3. The van der Waals surface area contributed by atoms with Gasteiger partial charge in [-0.1, -0.05) is 65.3 Å². The summed E-state index contributed by atoms with van der Waals surface area (Å²) >= 11 is 6.01. The first-order valence-corrected chi connectivity index (χ1v) is 14.6. The Kier molecular flexibility index (Phi) is 9.39. The van der Waals surface area contributed by atoms with Crippen molar-refractivity contribution in [3.05, 3.63) is 93.7 Å². The van der Waals surface area contributed by atoms with Gasteiger partial charge >= 0.3 is 11.9 Å². The van der Waals surface area contributed by atoms with Crippen LogP contribution >= 0.6 is 11.6 Å². The van der Waals surface area contributed by atoms with E-state index in [4.69, 9.17) is 21.1 Å². The summed E-state index contributed by atoms with van der Waals surface area (Å²) in [4.78, 5) is 54.9. The van der Waals surface area contributed by atoms with E-state index in [0.717, 1.165) is 15.8 Å². The number of esters is 2. The van der Waals surface area contributed by atoms with E-state index in [1.807, 2.05) is 12.1 Å². The lowest BCUT2D eigenvalue weighted by Crippen LogP contribution is -2.49. The summed E-state index contributed by atoms with van der Waals surface area (Å²) in [7, 11) is 0. The highest BCUT2D eigenvalue weighted by atomic mass is 35.5. The molecular formula is C34H36ClN3O6. The molecule has 0 aliphatic rings. The predicted molar refractivity (Wildman–Crippen MR) is 168 cm³/mol. The number of hydrogen-bond acceptors (Lipinski definition) is 8. The van der Waals surface area contributed by atoms with Crippen LogP contribution in [0.3, 0.4) is 0 Å². The second kappa shape index (κ2) is 12.7. The molecule has 4 rings (SSSR count). The molecule has 4 aromatic rings. The Hall–Kier alpha value is -4.37. The average Bonchev–Trinajstić information content (AvgIpc) is 2.95. The van der Waals surface area contributed by atoms with Gasteiger partial charge in [0, 0.05) is 23.6 Å². The van der Waals surface area contributed by atoms with Crippen molar-refractivity contribution in [1.29, 1.82) is 0 Å². The second-order valence-electron chi connectivity index (χ2n) is 12.7. The van der Waals surface area contributed by atoms with Crippen LogP contribution in [0.15, 0.2) is 77.6 Å². The van der Waals surface area contributed by atoms with Gasteiger partial charge in [0.1, 0.15) is 16.7 Å². The standard InChI is InChI=1S/C34H36ClN3O6/c1-32(2,3)43-30(41)34(31(42)44-33(4,5)6,19-20-38-29(40)26-9-7-8-10-27(26)36-37-38)21-28(39)24-13-11-22(12-14-24)23-15-17-25(35)18-16-23/h7-18H,19-21H2,1-6H3. The van der Waals surface area contributed by atoms with Crippen LogP contribution in [0.5, 0.6) is 0 Å². The maximum Gasteiger partial charge on any atom is 0.324 e. The van der Waals surface area contributed by atoms with Crippen molar-refractivity contribution in [1.82, 2.24) is 15.0 Å². The Morgan fingerprint density at radius 3 is 1.84 bits per heavy atom. The number of rotatable bonds is 9. The molecule has 0 atom stereocenters. The molecule has 0 aliphatic carbocycles. The number of carbonyl (C=O) groups is 3. The first-order chi connectivity index (χ1) is 20.6. The Morgan fingerprint density at radius 2 is 1.30 bits per heavy atom. The fourth-order valence-electron chi connectivity index (χ4n) is 4.61. The van der Waals surface area contributed by atoms with E-state index in [9.17, 15) is 19.2 Å². The molecule has 3 aromatic carbocycles. The van der Waals surface area contributed by atoms with Crippen LogP contribution in [0.4, 0.5) is 0 Å². The highest BCUT2D eigenvalue weighted by Gasteiger charge is 2.52. The highest BCUT2D eigenvalue weighted by molar-refractivity contribution is 6.30. The van der Waals surface area contributed by atoms with Crippen LogP contribution in [0.1, 0.15) is 64.7 Å². The first kappa shape index (κ1) is 32.5. The Bertz CT molecular complexity index is 1700. The van der Waals surface area contributed by atoms with E-state index < -0.39 is 46.3 Å². The lowest BCUT2D eigenvalue weighted by molar-refractivity contribution is -0.186. The maximum atomic E-state index is 14.0. The summed E-state index contributed by atoms with van der Waals surface area (Å²) < 4.78 is 12.5. The summed E-state index contributed by atoms with van der Waals surface area (Å²) in [6.45, 7) is 9.81. The number of ether oxygens (including phenoxy) is 2. The van der Waals surface area contributed by atoms with Gasteiger partial charge in [-0.3, -0.25) is 19.2 Å². The molecule has 0 bridgehead atoms. The first-order valence-electron chi connectivity index (χ1n) is 14.3. The number of fused-ring (bicyclic) bond motifs is 1. The molecule has 9 nitrogen and oxygen atoms in total. The molecule has 1 aromatic heterocycles. The molecule has 0 fully saturated rings. The van der Waals surface area contributed by atoms with Gasteiger partial charge in [-0.05, 0) is 83.4 Å². The van der Waals surface area contributed by atoms with E-state index >= 15 is 0 Å². The topological polar surface area (TPSA) is 117 Å². The molecule has 0 saturated heterocycles. The van der Waals surface area contributed by atoms with Gasteiger partial charge < -0.3 is 9.47 Å². The van der Waals surface area contributed by atoms with Crippen molar-refractivity contribution < 1.29 is 23.9 Å². The minimum absolute atomic E-state index is 0.196. The molecule has 10 heteroatoms. The van der Waals surface area contributed by atoms with Crippen molar-refractivity contribution in [3.8, 4) is 11.1 Å². The summed E-state index contributed by atoms with van der Waals surface area (Å²) in [6.07, 6.45) is -0.842. The smallest absolute Gasteiger partial charge is 0.324 e. The van der Waals surface area contributed by atoms with Crippen LogP contribution < -0.4 is 5.56 Å². The lowest BCUT2D eigenvalue weighted by atomic mass is 9.77. The molecular weight excluding hydrogens is 582 g/mol. The van der Waals surface area contributed by atoms with Gasteiger partial charge in [-0.25, -0.2) is 4.68 Å². The lowest BCUT2D eigenvalue weighted by Gasteiger charge is -2.34. The summed E-state index contributed by atoms with van der Waals surface area (Å²) in [6, 6.07) is 20.9. The Balaban J connectivity index is 1.74. The van der Waals surface area contributed by atoms with Crippen LogP contribution in [-0.2, 0) is 25.6 Å². The summed E-state index contributed by atoms with van der Waals surface area (Å²) in [5, 5.41) is 9.06. The minimum Gasteiger partial charge on any atom is -0.459 e. The largest absolute Gasteiger partial charge is 0.459 e. The number of halogens is 1. The third-order valence-corrected chi connectivity index (χ3v) is 7.06. The second-order valence-corrected chi connectivity index (χ2v) is 13.1. The zero-order valence-electron chi connectivity index (χ0n) is 25.7. The van der Waals surface area contributed by atoms with Crippen LogP contribution in [0, 0.1) is 5.41 Å². The van der Waals surface area contributed by atoms with Gasteiger partial charge in [0.05, 0.1) is 5.39 Å². The molecule has 230 valence electrons. The maximum absolute atomic E-state index is 14.0. The molecule has 0 amide bonds. The van der Waals surface area contributed by atoms with Gasteiger partial charge in [0.25, 0.3) is 5.56 Å². The van der Waals surface area contributed by atoms with Crippen molar-refractivity contribution in [3.63, 3.8) is 0 Å². The number of ketones is 1. The number of aryl methyl sites for hydroxylation is 1. The highest BCUT2D eigenvalue weighted by Crippen LogP contribution is 2.36. The molecule has 0 radical (unpaired) electrons. The fraction of sp³-hybridized carbons (Fsp3) is 0.353. The van der Waals surface area contributed by atoms with Gasteiger partial charge in [0.15, 0.2) is 11.2 Å². The van der Waals surface area contributed by atoms with Crippen molar-refractivity contribution in [2.45, 2.75) is 72.1 Å². The van der Waals surface area contributed by atoms with Crippen molar-refractivity contribution in [2.75, 3.05) is 0 Å². The van der Waals surface area contributed by atoms with E-state index in [0.29, 0.717) is 21.5 Å². The van der Waals surface area contributed by atoms with E-state index in [2.05, 4.69) is 10.3 Å². The number of hydrogen-bond donors (Lipinski definition) is 0. The molecule has 0 aliphatic heterocycles. The Labute approximate surface area is 261 Å². The third kappa shape index (κ3) is 7.77.